The Morgan fingerprint density at radius 1 is 1.14 bits per heavy atom. The van der Waals surface area contributed by atoms with Gasteiger partial charge in [-0.2, -0.15) is 0 Å². The van der Waals surface area contributed by atoms with Crippen LogP contribution in [0, 0.1) is 6.92 Å². The monoisotopic (exact) mass is 298 g/mol. The molecule has 4 heteroatoms. The van der Waals surface area contributed by atoms with Gasteiger partial charge >= 0.3 is 6.03 Å². The number of urea groups is 1. The molecule has 0 saturated heterocycles. The molecule has 0 aliphatic rings. The van der Waals surface area contributed by atoms with E-state index >= 15 is 0 Å². The topological polar surface area (TPSA) is 50.4 Å². The minimum absolute atomic E-state index is 0.195. The highest BCUT2D eigenvalue weighted by Gasteiger charge is 2.08. The summed E-state index contributed by atoms with van der Waals surface area (Å²) in [6.45, 7) is 4.55. The van der Waals surface area contributed by atoms with Crippen molar-refractivity contribution >= 4 is 11.7 Å². The van der Waals surface area contributed by atoms with Gasteiger partial charge in [-0.1, -0.05) is 37.3 Å². The molecule has 2 N–H and O–H groups in total. The number of aryl methyl sites for hydroxylation is 2. The van der Waals surface area contributed by atoms with Crippen LogP contribution in [0.1, 0.15) is 23.6 Å². The van der Waals surface area contributed by atoms with Crippen molar-refractivity contribution in [3.8, 4) is 5.75 Å². The highest BCUT2D eigenvalue weighted by molar-refractivity contribution is 5.91. The first-order chi connectivity index (χ1) is 10.6. The van der Waals surface area contributed by atoms with Gasteiger partial charge in [-0.25, -0.2) is 4.79 Å². The van der Waals surface area contributed by atoms with E-state index < -0.39 is 0 Å². The Hall–Kier alpha value is -2.49. The number of methoxy groups -OCH3 is 1. The summed E-state index contributed by atoms with van der Waals surface area (Å²) in [6, 6.07) is 13.5. The van der Waals surface area contributed by atoms with Crippen LogP contribution in [-0.4, -0.2) is 13.1 Å². The molecule has 0 saturated carbocycles. The number of rotatable bonds is 5. The Kier molecular flexibility index (Phi) is 5.42. The van der Waals surface area contributed by atoms with Crippen molar-refractivity contribution in [1.82, 2.24) is 5.32 Å². The number of para-hydroxylation sites is 1. The second-order valence-electron chi connectivity index (χ2n) is 5.12. The van der Waals surface area contributed by atoms with Gasteiger partial charge in [0.15, 0.2) is 0 Å². The molecule has 4 nitrogen and oxygen atoms in total. The summed E-state index contributed by atoms with van der Waals surface area (Å²) in [5.74, 6) is 0.806. The van der Waals surface area contributed by atoms with Gasteiger partial charge in [0.05, 0.1) is 7.11 Å². The third-order valence-corrected chi connectivity index (χ3v) is 3.59. The first-order valence-corrected chi connectivity index (χ1v) is 7.40. The Balaban J connectivity index is 1.95. The van der Waals surface area contributed by atoms with E-state index in [0.717, 1.165) is 34.5 Å². The highest BCUT2D eigenvalue weighted by atomic mass is 16.5. The van der Waals surface area contributed by atoms with Crippen LogP contribution >= 0.6 is 0 Å². The molecule has 0 aliphatic carbocycles. The van der Waals surface area contributed by atoms with E-state index in [4.69, 9.17) is 4.74 Å². The van der Waals surface area contributed by atoms with Gasteiger partial charge in [0.25, 0.3) is 0 Å². The van der Waals surface area contributed by atoms with Crippen LogP contribution in [0.25, 0.3) is 0 Å². The van der Waals surface area contributed by atoms with Crippen molar-refractivity contribution in [2.45, 2.75) is 26.8 Å². The van der Waals surface area contributed by atoms with Gasteiger partial charge in [-0.15, -0.1) is 0 Å². The SMILES string of the molecule is CCc1cccc(C)c1NC(=O)NCc1ccc(OC)cc1. The van der Waals surface area contributed by atoms with E-state index in [0.29, 0.717) is 6.54 Å². The lowest BCUT2D eigenvalue weighted by molar-refractivity contribution is 0.251. The molecule has 2 rings (SSSR count). The van der Waals surface area contributed by atoms with Crippen molar-refractivity contribution in [3.05, 3.63) is 59.2 Å². The molecule has 116 valence electrons. The Bertz CT molecular complexity index is 636. The predicted octanol–water partition coefficient (Wildman–Crippen LogP) is 3.89. The van der Waals surface area contributed by atoms with Crippen molar-refractivity contribution in [1.29, 1.82) is 0 Å². The second-order valence-corrected chi connectivity index (χ2v) is 5.12. The minimum atomic E-state index is -0.195. The molecule has 2 aromatic rings. The van der Waals surface area contributed by atoms with Gasteiger partial charge in [0.2, 0.25) is 0 Å². The van der Waals surface area contributed by atoms with Gasteiger partial charge in [-0.05, 0) is 42.2 Å². The average molecular weight is 298 g/mol. The smallest absolute Gasteiger partial charge is 0.319 e. The maximum Gasteiger partial charge on any atom is 0.319 e. The first-order valence-electron chi connectivity index (χ1n) is 7.40. The molecule has 2 aromatic carbocycles. The molecule has 0 aliphatic heterocycles. The summed E-state index contributed by atoms with van der Waals surface area (Å²) in [7, 11) is 1.63. The number of benzene rings is 2. The molecule has 0 spiro atoms. The maximum absolute atomic E-state index is 12.1. The zero-order valence-corrected chi connectivity index (χ0v) is 13.3. The largest absolute Gasteiger partial charge is 0.497 e. The van der Waals surface area contributed by atoms with Crippen molar-refractivity contribution in [2.24, 2.45) is 0 Å². The van der Waals surface area contributed by atoms with Gasteiger partial charge in [0.1, 0.15) is 5.75 Å². The normalized spacial score (nSPS) is 10.1. The lowest BCUT2D eigenvalue weighted by Crippen LogP contribution is -2.28. The molecule has 0 fully saturated rings. The number of hydrogen-bond acceptors (Lipinski definition) is 2. The average Bonchev–Trinajstić information content (AvgIpc) is 2.55. The zero-order chi connectivity index (χ0) is 15.9. The Morgan fingerprint density at radius 3 is 2.50 bits per heavy atom. The summed E-state index contributed by atoms with van der Waals surface area (Å²) in [6.07, 6.45) is 0.885. The number of hydrogen-bond donors (Lipinski definition) is 2. The van der Waals surface area contributed by atoms with Crippen LogP contribution in [0.3, 0.4) is 0 Å². The number of ether oxygens (including phenoxy) is 1. The lowest BCUT2D eigenvalue weighted by Gasteiger charge is -2.13. The van der Waals surface area contributed by atoms with Crippen LogP contribution in [0.15, 0.2) is 42.5 Å². The van der Waals surface area contributed by atoms with Crippen molar-refractivity contribution in [3.63, 3.8) is 0 Å². The summed E-state index contributed by atoms with van der Waals surface area (Å²) in [5, 5.41) is 5.82. The molecule has 0 radical (unpaired) electrons. The van der Waals surface area contributed by atoms with Crippen LogP contribution in [0.2, 0.25) is 0 Å². The second kappa shape index (κ2) is 7.50. The molecule has 0 heterocycles. The number of carbonyl (C=O) groups excluding carboxylic acids is 1. The molecule has 0 bridgehead atoms. The van der Waals surface area contributed by atoms with E-state index in [9.17, 15) is 4.79 Å². The summed E-state index contributed by atoms with van der Waals surface area (Å²) < 4.78 is 5.11. The number of carbonyl (C=O) groups is 1. The van der Waals surface area contributed by atoms with E-state index in [-0.39, 0.29) is 6.03 Å². The summed E-state index contributed by atoms with van der Waals surface area (Å²) in [4.78, 5) is 12.1. The molecular formula is C18H22N2O2. The minimum Gasteiger partial charge on any atom is -0.497 e. The standard InChI is InChI=1S/C18H22N2O2/c1-4-15-7-5-6-13(2)17(15)20-18(21)19-12-14-8-10-16(22-3)11-9-14/h5-11H,4,12H2,1-3H3,(H2,19,20,21). The molecule has 0 atom stereocenters. The third-order valence-electron chi connectivity index (χ3n) is 3.59. The molecule has 22 heavy (non-hydrogen) atoms. The maximum atomic E-state index is 12.1. The van der Waals surface area contributed by atoms with E-state index in [2.05, 4.69) is 17.6 Å². The van der Waals surface area contributed by atoms with Gasteiger partial charge < -0.3 is 15.4 Å². The summed E-state index contributed by atoms with van der Waals surface area (Å²) >= 11 is 0. The number of nitrogens with one attached hydrogen (secondary N) is 2. The predicted molar refractivity (Wildman–Crippen MR) is 89.4 cm³/mol. The van der Waals surface area contributed by atoms with Crippen LogP contribution in [0.5, 0.6) is 5.75 Å². The Morgan fingerprint density at radius 2 is 1.86 bits per heavy atom. The van der Waals surface area contributed by atoms with Crippen LogP contribution < -0.4 is 15.4 Å². The van der Waals surface area contributed by atoms with E-state index in [1.54, 1.807) is 7.11 Å². The van der Waals surface area contributed by atoms with Crippen molar-refractivity contribution < 1.29 is 9.53 Å². The fourth-order valence-corrected chi connectivity index (χ4v) is 2.29. The fraction of sp³-hybridized carbons (Fsp3) is 0.278. The molecule has 2 amide bonds. The lowest BCUT2D eigenvalue weighted by atomic mass is 10.1. The summed E-state index contributed by atoms with van der Waals surface area (Å²) in [5.41, 5.74) is 4.13. The van der Waals surface area contributed by atoms with Gasteiger partial charge in [0, 0.05) is 12.2 Å². The molecule has 0 unspecified atom stereocenters. The quantitative estimate of drug-likeness (QED) is 0.880. The van der Waals surface area contributed by atoms with E-state index in [1.165, 1.54) is 0 Å². The van der Waals surface area contributed by atoms with E-state index in [1.807, 2.05) is 49.4 Å². The van der Waals surface area contributed by atoms with Gasteiger partial charge in [-0.3, -0.25) is 0 Å². The Labute approximate surface area is 131 Å². The zero-order valence-electron chi connectivity index (χ0n) is 13.3. The van der Waals surface area contributed by atoms with Crippen molar-refractivity contribution in [2.75, 3.05) is 12.4 Å². The number of anilines is 1. The first kappa shape index (κ1) is 15.9. The van der Waals surface area contributed by atoms with Crippen LogP contribution in [-0.2, 0) is 13.0 Å². The molecule has 0 aromatic heterocycles. The third kappa shape index (κ3) is 4.01. The highest BCUT2D eigenvalue weighted by Crippen LogP contribution is 2.20. The van der Waals surface area contributed by atoms with Crippen LogP contribution in [0.4, 0.5) is 10.5 Å². The number of amides is 2. The fourth-order valence-electron chi connectivity index (χ4n) is 2.29. The molecular weight excluding hydrogens is 276 g/mol.